The summed E-state index contributed by atoms with van der Waals surface area (Å²) >= 11 is 0. The molecule has 0 unspecified atom stereocenters. The standard InChI is InChI=1S/C11H18N2O3/c1-13(2)4-3-5-15-11-8-16-9(7-12)6-10(11)14/h6,8H,3-5,7,12H2,1-2H3. The van der Waals surface area contributed by atoms with Gasteiger partial charge in [0.1, 0.15) is 12.0 Å². The van der Waals surface area contributed by atoms with Crippen LogP contribution in [0.3, 0.4) is 0 Å². The van der Waals surface area contributed by atoms with Crippen molar-refractivity contribution in [2.45, 2.75) is 13.0 Å². The van der Waals surface area contributed by atoms with Gasteiger partial charge in [0.05, 0.1) is 13.2 Å². The summed E-state index contributed by atoms with van der Waals surface area (Å²) in [5.74, 6) is 0.710. The van der Waals surface area contributed by atoms with Gasteiger partial charge >= 0.3 is 0 Å². The second-order valence-electron chi connectivity index (χ2n) is 3.78. The first-order valence-corrected chi connectivity index (χ1v) is 5.23. The summed E-state index contributed by atoms with van der Waals surface area (Å²) in [5, 5.41) is 0. The summed E-state index contributed by atoms with van der Waals surface area (Å²) in [4.78, 5) is 13.5. The summed E-state index contributed by atoms with van der Waals surface area (Å²) in [6.07, 6.45) is 2.19. The van der Waals surface area contributed by atoms with Gasteiger partial charge in [-0.05, 0) is 20.5 Å². The van der Waals surface area contributed by atoms with Crippen molar-refractivity contribution >= 4 is 0 Å². The topological polar surface area (TPSA) is 68.7 Å². The van der Waals surface area contributed by atoms with Gasteiger partial charge in [-0.25, -0.2) is 0 Å². The molecule has 1 heterocycles. The molecule has 0 amide bonds. The maximum atomic E-state index is 11.5. The van der Waals surface area contributed by atoms with E-state index in [-0.39, 0.29) is 17.7 Å². The Kier molecular flexibility index (Phi) is 5.01. The van der Waals surface area contributed by atoms with Crippen molar-refractivity contribution in [1.29, 1.82) is 0 Å². The van der Waals surface area contributed by atoms with Gasteiger partial charge in [-0.2, -0.15) is 0 Å². The van der Waals surface area contributed by atoms with Crippen LogP contribution in [0, 0.1) is 0 Å². The normalized spacial score (nSPS) is 10.8. The van der Waals surface area contributed by atoms with Gasteiger partial charge in [0.25, 0.3) is 0 Å². The van der Waals surface area contributed by atoms with Gasteiger partial charge in [-0.15, -0.1) is 0 Å². The largest absolute Gasteiger partial charge is 0.487 e. The monoisotopic (exact) mass is 226 g/mol. The van der Waals surface area contributed by atoms with Crippen molar-refractivity contribution in [2.24, 2.45) is 5.73 Å². The minimum absolute atomic E-state index is 0.184. The van der Waals surface area contributed by atoms with E-state index in [1.807, 2.05) is 14.1 Å². The zero-order valence-corrected chi connectivity index (χ0v) is 9.73. The van der Waals surface area contributed by atoms with Gasteiger partial charge in [0.2, 0.25) is 11.2 Å². The molecule has 0 radical (unpaired) electrons. The minimum atomic E-state index is -0.184. The third-order valence-electron chi connectivity index (χ3n) is 2.06. The molecule has 0 fully saturated rings. The summed E-state index contributed by atoms with van der Waals surface area (Å²) in [7, 11) is 3.98. The van der Waals surface area contributed by atoms with E-state index < -0.39 is 0 Å². The molecule has 0 saturated heterocycles. The number of rotatable bonds is 6. The molecular weight excluding hydrogens is 208 g/mol. The number of ether oxygens (including phenoxy) is 1. The molecule has 0 saturated carbocycles. The highest BCUT2D eigenvalue weighted by molar-refractivity contribution is 5.17. The van der Waals surface area contributed by atoms with Crippen molar-refractivity contribution in [3.05, 3.63) is 28.3 Å². The first kappa shape index (κ1) is 12.7. The van der Waals surface area contributed by atoms with Crippen LogP contribution in [0.15, 0.2) is 21.5 Å². The van der Waals surface area contributed by atoms with Crippen LogP contribution in [0.5, 0.6) is 5.75 Å². The van der Waals surface area contributed by atoms with Crippen LogP contribution in [0.25, 0.3) is 0 Å². The maximum Gasteiger partial charge on any atom is 0.227 e. The Morgan fingerprint density at radius 1 is 1.50 bits per heavy atom. The Morgan fingerprint density at radius 2 is 2.25 bits per heavy atom. The minimum Gasteiger partial charge on any atom is -0.487 e. The average Bonchev–Trinajstić information content (AvgIpc) is 2.25. The van der Waals surface area contributed by atoms with Crippen LogP contribution in [-0.4, -0.2) is 32.1 Å². The maximum absolute atomic E-state index is 11.5. The average molecular weight is 226 g/mol. The molecule has 2 N–H and O–H groups in total. The van der Waals surface area contributed by atoms with Crippen molar-refractivity contribution in [3.8, 4) is 5.75 Å². The molecule has 1 aromatic rings. The number of nitrogens with zero attached hydrogens (tertiary/aromatic N) is 1. The molecule has 0 aromatic carbocycles. The first-order valence-electron chi connectivity index (χ1n) is 5.23. The van der Waals surface area contributed by atoms with Gasteiger partial charge in [0.15, 0.2) is 0 Å². The molecule has 1 aromatic heterocycles. The number of nitrogens with two attached hydrogens (primary N) is 1. The molecule has 0 aliphatic carbocycles. The van der Waals surface area contributed by atoms with E-state index in [1.54, 1.807) is 0 Å². The Hall–Kier alpha value is -1.33. The number of hydrogen-bond acceptors (Lipinski definition) is 5. The summed E-state index contributed by atoms with van der Waals surface area (Å²) in [5.41, 5.74) is 5.16. The van der Waals surface area contributed by atoms with Crippen LogP contribution in [-0.2, 0) is 6.54 Å². The zero-order valence-electron chi connectivity index (χ0n) is 9.73. The molecule has 1 rings (SSSR count). The fourth-order valence-corrected chi connectivity index (χ4v) is 1.21. The lowest BCUT2D eigenvalue weighted by molar-refractivity contribution is 0.271. The summed E-state index contributed by atoms with van der Waals surface area (Å²) in [6, 6.07) is 1.36. The highest BCUT2D eigenvalue weighted by atomic mass is 16.5. The van der Waals surface area contributed by atoms with Gasteiger partial charge in [-0.1, -0.05) is 0 Å². The van der Waals surface area contributed by atoms with Gasteiger partial charge in [-0.3, -0.25) is 4.79 Å². The first-order chi connectivity index (χ1) is 7.63. The lowest BCUT2D eigenvalue weighted by atomic mass is 10.3. The van der Waals surface area contributed by atoms with E-state index in [0.717, 1.165) is 13.0 Å². The lowest BCUT2D eigenvalue weighted by Crippen LogP contribution is -2.17. The molecule has 16 heavy (non-hydrogen) atoms. The highest BCUT2D eigenvalue weighted by Crippen LogP contribution is 2.05. The van der Waals surface area contributed by atoms with Crippen LogP contribution < -0.4 is 15.9 Å². The number of hydrogen-bond donors (Lipinski definition) is 1. The third-order valence-corrected chi connectivity index (χ3v) is 2.06. The Morgan fingerprint density at radius 3 is 2.81 bits per heavy atom. The molecule has 5 heteroatoms. The van der Waals surface area contributed by atoms with E-state index in [4.69, 9.17) is 14.9 Å². The Balaban J connectivity index is 2.45. The highest BCUT2D eigenvalue weighted by Gasteiger charge is 2.03. The van der Waals surface area contributed by atoms with Gasteiger partial charge < -0.3 is 19.8 Å². The molecular formula is C11H18N2O3. The molecule has 0 atom stereocenters. The van der Waals surface area contributed by atoms with Crippen LogP contribution >= 0.6 is 0 Å². The smallest absolute Gasteiger partial charge is 0.227 e. The summed E-state index contributed by atoms with van der Waals surface area (Å²) < 4.78 is 10.4. The molecule has 90 valence electrons. The van der Waals surface area contributed by atoms with E-state index >= 15 is 0 Å². The lowest BCUT2D eigenvalue weighted by Gasteiger charge is -2.09. The molecule has 0 bridgehead atoms. The molecule has 5 nitrogen and oxygen atoms in total. The van der Waals surface area contributed by atoms with Crippen LogP contribution in [0.1, 0.15) is 12.2 Å². The van der Waals surface area contributed by atoms with Crippen LogP contribution in [0.4, 0.5) is 0 Å². The SMILES string of the molecule is CN(C)CCCOc1coc(CN)cc1=O. The molecule has 0 spiro atoms. The third kappa shape index (κ3) is 4.04. The summed E-state index contributed by atoms with van der Waals surface area (Å²) in [6.45, 7) is 1.65. The van der Waals surface area contributed by atoms with Crippen molar-refractivity contribution in [1.82, 2.24) is 4.90 Å². The van der Waals surface area contributed by atoms with E-state index in [2.05, 4.69) is 4.90 Å². The molecule has 0 aliphatic heterocycles. The zero-order chi connectivity index (χ0) is 12.0. The fourth-order valence-electron chi connectivity index (χ4n) is 1.21. The second-order valence-corrected chi connectivity index (χ2v) is 3.78. The Bertz CT molecular complexity index is 374. The van der Waals surface area contributed by atoms with Crippen molar-refractivity contribution in [2.75, 3.05) is 27.2 Å². The van der Waals surface area contributed by atoms with E-state index in [0.29, 0.717) is 12.4 Å². The van der Waals surface area contributed by atoms with Crippen LogP contribution in [0.2, 0.25) is 0 Å². The predicted octanol–water partition coefficient (Wildman–Crippen LogP) is 0.429. The van der Waals surface area contributed by atoms with Gasteiger partial charge in [0, 0.05) is 12.6 Å². The second kappa shape index (κ2) is 6.30. The Labute approximate surface area is 94.8 Å². The fraction of sp³-hybridized carbons (Fsp3) is 0.545. The van der Waals surface area contributed by atoms with Crippen molar-refractivity contribution < 1.29 is 9.15 Å². The molecule has 0 aliphatic rings. The predicted molar refractivity (Wildman–Crippen MR) is 61.5 cm³/mol. The van der Waals surface area contributed by atoms with E-state index in [1.165, 1.54) is 12.3 Å². The quantitative estimate of drug-likeness (QED) is 0.712. The van der Waals surface area contributed by atoms with E-state index in [9.17, 15) is 4.79 Å². The van der Waals surface area contributed by atoms with Crippen molar-refractivity contribution in [3.63, 3.8) is 0 Å².